The third-order valence-electron chi connectivity index (χ3n) is 5.07. The van der Waals surface area contributed by atoms with E-state index < -0.39 is 12.2 Å². The number of amides is 1. The summed E-state index contributed by atoms with van der Waals surface area (Å²) in [6.07, 6.45) is 4.63. The monoisotopic (exact) mass is 373 g/mol. The van der Waals surface area contributed by atoms with Crippen LogP contribution < -0.4 is 5.32 Å². The van der Waals surface area contributed by atoms with Crippen molar-refractivity contribution in [1.29, 1.82) is 0 Å². The number of fused-ring (bicyclic) bond motifs is 1. The standard InChI is InChI=1S/C19H21F2N5O/c20-17(21)18-22-14-7-6-12(9-15(14)23-18)19(27)24-16-10-13(25-26-16)8-11-4-2-1-3-5-11/h6-7,9-11,17H,1-5,8H2,(H,22,23)(H2,24,25,26,27). The molecule has 1 fully saturated rings. The molecule has 4 rings (SSSR count). The van der Waals surface area contributed by atoms with Crippen LogP contribution in [0.25, 0.3) is 11.0 Å². The van der Waals surface area contributed by atoms with E-state index in [9.17, 15) is 13.6 Å². The number of aromatic amines is 2. The van der Waals surface area contributed by atoms with Crippen molar-refractivity contribution in [3.8, 4) is 0 Å². The van der Waals surface area contributed by atoms with Crippen LogP contribution in [0, 0.1) is 5.92 Å². The zero-order chi connectivity index (χ0) is 18.8. The minimum atomic E-state index is -2.68. The molecule has 0 unspecified atom stereocenters. The largest absolute Gasteiger partial charge is 0.337 e. The van der Waals surface area contributed by atoms with Crippen LogP contribution in [-0.2, 0) is 6.42 Å². The Morgan fingerprint density at radius 2 is 2.04 bits per heavy atom. The molecule has 0 aliphatic heterocycles. The molecule has 0 bridgehead atoms. The van der Waals surface area contributed by atoms with Gasteiger partial charge in [-0.15, -0.1) is 0 Å². The second kappa shape index (κ2) is 7.46. The maximum Gasteiger partial charge on any atom is 0.295 e. The highest BCUT2D eigenvalue weighted by Crippen LogP contribution is 2.27. The van der Waals surface area contributed by atoms with Gasteiger partial charge in [0.1, 0.15) is 0 Å². The number of nitrogens with one attached hydrogen (secondary N) is 3. The Morgan fingerprint density at radius 1 is 1.22 bits per heavy atom. The zero-order valence-corrected chi connectivity index (χ0v) is 14.8. The predicted molar refractivity (Wildman–Crippen MR) is 97.9 cm³/mol. The molecule has 1 aliphatic carbocycles. The lowest BCUT2D eigenvalue weighted by atomic mass is 9.86. The first-order chi connectivity index (χ1) is 13.1. The summed E-state index contributed by atoms with van der Waals surface area (Å²) in [5, 5.41) is 9.90. The summed E-state index contributed by atoms with van der Waals surface area (Å²) in [7, 11) is 0. The first kappa shape index (κ1) is 17.6. The molecule has 3 aromatic rings. The van der Waals surface area contributed by atoms with Gasteiger partial charge >= 0.3 is 0 Å². The molecule has 142 valence electrons. The average molecular weight is 373 g/mol. The van der Waals surface area contributed by atoms with Gasteiger partial charge in [0.25, 0.3) is 12.3 Å². The van der Waals surface area contributed by atoms with E-state index in [1.165, 1.54) is 38.2 Å². The summed E-state index contributed by atoms with van der Waals surface area (Å²) in [6, 6.07) is 6.48. The lowest BCUT2D eigenvalue weighted by Crippen LogP contribution is -2.12. The number of imidazole rings is 1. The van der Waals surface area contributed by atoms with Crippen molar-refractivity contribution in [1.82, 2.24) is 20.2 Å². The number of aromatic nitrogens is 4. The van der Waals surface area contributed by atoms with Crippen molar-refractivity contribution in [2.75, 3.05) is 5.32 Å². The first-order valence-corrected chi connectivity index (χ1v) is 9.22. The molecule has 0 saturated heterocycles. The van der Waals surface area contributed by atoms with Gasteiger partial charge in [-0.2, -0.15) is 5.10 Å². The predicted octanol–water partition coefficient (Wildman–Crippen LogP) is 4.60. The molecule has 8 heteroatoms. The SMILES string of the molecule is O=C(Nc1cc(CC2CCCCC2)[nH]n1)c1ccc2nc(C(F)F)[nH]c2c1. The number of hydrogen-bond acceptors (Lipinski definition) is 3. The summed E-state index contributed by atoms with van der Waals surface area (Å²) in [6.45, 7) is 0. The molecule has 6 nitrogen and oxygen atoms in total. The van der Waals surface area contributed by atoms with E-state index in [-0.39, 0.29) is 5.91 Å². The third kappa shape index (κ3) is 3.99. The highest BCUT2D eigenvalue weighted by atomic mass is 19.3. The number of benzene rings is 1. The van der Waals surface area contributed by atoms with E-state index in [0.717, 1.165) is 12.1 Å². The van der Waals surface area contributed by atoms with Crippen LogP contribution in [0.1, 0.15) is 60.4 Å². The molecule has 1 saturated carbocycles. The van der Waals surface area contributed by atoms with Crippen molar-refractivity contribution in [3.63, 3.8) is 0 Å². The molecule has 3 N–H and O–H groups in total. The molecule has 1 aromatic carbocycles. The average Bonchev–Trinajstić information content (AvgIpc) is 3.28. The minimum absolute atomic E-state index is 0.346. The highest BCUT2D eigenvalue weighted by Gasteiger charge is 2.17. The Labute approximate surface area is 154 Å². The molecule has 0 spiro atoms. The van der Waals surface area contributed by atoms with Crippen LogP contribution in [0.3, 0.4) is 0 Å². The normalized spacial score (nSPS) is 15.5. The van der Waals surface area contributed by atoms with E-state index in [2.05, 4.69) is 25.5 Å². The van der Waals surface area contributed by atoms with Crippen LogP contribution in [0.2, 0.25) is 0 Å². The van der Waals surface area contributed by atoms with Gasteiger partial charge in [-0.25, -0.2) is 13.8 Å². The van der Waals surface area contributed by atoms with Crippen LogP contribution >= 0.6 is 0 Å². The van der Waals surface area contributed by atoms with Gasteiger partial charge in [0.2, 0.25) is 0 Å². The van der Waals surface area contributed by atoms with Crippen molar-refractivity contribution < 1.29 is 13.6 Å². The molecular weight excluding hydrogens is 352 g/mol. The Balaban J connectivity index is 1.43. The van der Waals surface area contributed by atoms with E-state index in [1.807, 2.05) is 6.07 Å². The third-order valence-corrected chi connectivity index (χ3v) is 5.07. The quantitative estimate of drug-likeness (QED) is 0.611. The Hall–Kier alpha value is -2.77. The fourth-order valence-corrected chi connectivity index (χ4v) is 3.69. The Bertz CT molecular complexity index is 943. The van der Waals surface area contributed by atoms with Crippen LogP contribution in [0.5, 0.6) is 0 Å². The number of hydrogen-bond donors (Lipinski definition) is 3. The number of rotatable bonds is 5. The van der Waals surface area contributed by atoms with Crippen LogP contribution in [0.15, 0.2) is 24.3 Å². The number of carbonyl (C=O) groups is 1. The molecular formula is C19H21F2N5O. The summed E-state index contributed by atoms with van der Waals surface area (Å²) in [5.41, 5.74) is 2.17. The van der Waals surface area contributed by atoms with Gasteiger partial charge in [0.15, 0.2) is 11.6 Å². The Morgan fingerprint density at radius 3 is 2.81 bits per heavy atom. The number of H-pyrrole nitrogens is 2. The molecule has 2 heterocycles. The summed E-state index contributed by atoms with van der Waals surface area (Å²) in [5.74, 6) is 0.390. The van der Waals surface area contributed by atoms with Gasteiger partial charge in [-0.05, 0) is 30.5 Å². The van der Waals surface area contributed by atoms with Gasteiger partial charge in [-0.1, -0.05) is 32.1 Å². The maximum absolute atomic E-state index is 12.7. The lowest BCUT2D eigenvalue weighted by molar-refractivity contribution is 0.102. The zero-order valence-electron chi connectivity index (χ0n) is 14.8. The van der Waals surface area contributed by atoms with Crippen LogP contribution in [-0.4, -0.2) is 26.1 Å². The first-order valence-electron chi connectivity index (χ1n) is 9.22. The van der Waals surface area contributed by atoms with Crippen molar-refractivity contribution in [2.45, 2.75) is 45.0 Å². The van der Waals surface area contributed by atoms with E-state index in [4.69, 9.17) is 0 Å². The van der Waals surface area contributed by atoms with Crippen molar-refractivity contribution in [2.24, 2.45) is 5.92 Å². The Kier molecular flexibility index (Phi) is 4.87. The lowest BCUT2D eigenvalue weighted by Gasteiger charge is -2.20. The van der Waals surface area contributed by atoms with Gasteiger partial charge in [-0.3, -0.25) is 9.89 Å². The summed E-state index contributed by atoms with van der Waals surface area (Å²) in [4.78, 5) is 18.8. The molecule has 27 heavy (non-hydrogen) atoms. The fraction of sp³-hybridized carbons (Fsp3) is 0.421. The molecule has 0 atom stereocenters. The fourth-order valence-electron chi connectivity index (χ4n) is 3.69. The number of carbonyl (C=O) groups excluding carboxylic acids is 1. The molecule has 1 amide bonds. The van der Waals surface area contributed by atoms with Gasteiger partial charge in [0, 0.05) is 17.3 Å². The highest BCUT2D eigenvalue weighted by molar-refractivity contribution is 6.05. The molecule has 1 aliphatic rings. The smallest absolute Gasteiger partial charge is 0.295 e. The van der Waals surface area contributed by atoms with E-state index in [0.29, 0.717) is 28.3 Å². The second-order valence-electron chi connectivity index (χ2n) is 7.10. The number of alkyl halides is 2. The van der Waals surface area contributed by atoms with Crippen molar-refractivity contribution >= 4 is 22.8 Å². The van der Waals surface area contributed by atoms with E-state index >= 15 is 0 Å². The number of halogens is 2. The van der Waals surface area contributed by atoms with Gasteiger partial charge < -0.3 is 10.3 Å². The number of anilines is 1. The minimum Gasteiger partial charge on any atom is -0.337 e. The number of nitrogens with zero attached hydrogens (tertiary/aromatic N) is 2. The van der Waals surface area contributed by atoms with Crippen molar-refractivity contribution in [3.05, 3.63) is 41.3 Å². The summed E-state index contributed by atoms with van der Waals surface area (Å²) >= 11 is 0. The second-order valence-corrected chi connectivity index (χ2v) is 7.10. The van der Waals surface area contributed by atoms with E-state index in [1.54, 1.807) is 12.1 Å². The summed E-state index contributed by atoms with van der Waals surface area (Å²) < 4.78 is 25.5. The maximum atomic E-state index is 12.7. The topological polar surface area (TPSA) is 86.5 Å². The van der Waals surface area contributed by atoms with Crippen LogP contribution in [0.4, 0.5) is 14.6 Å². The molecule has 2 aromatic heterocycles. The molecule has 0 radical (unpaired) electrons. The van der Waals surface area contributed by atoms with Gasteiger partial charge in [0.05, 0.1) is 11.0 Å².